The molecule has 16 heavy (non-hydrogen) atoms. The monoisotopic (exact) mass is 225 g/mol. The second-order valence-electron chi connectivity index (χ2n) is 2.87. The van der Waals surface area contributed by atoms with Crippen molar-refractivity contribution in [1.29, 1.82) is 0 Å². The number of carbonyl (C=O) groups excluding carboxylic acids is 2. The molecule has 0 bridgehead atoms. The average Bonchev–Trinajstić information content (AvgIpc) is 2.29. The largest absolute Gasteiger partial charge is 0.467 e. The Morgan fingerprint density at radius 3 is 2.25 bits per heavy atom. The first-order valence-corrected chi connectivity index (χ1v) is 4.56. The van der Waals surface area contributed by atoms with E-state index in [9.17, 15) is 9.59 Å². The summed E-state index contributed by atoms with van der Waals surface area (Å²) in [6, 6.07) is -1.15. The van der Waals surface area contributed by atoms with Gasteiger partial charge in [-0.25, -0.2) is 9.59 Å². The highest BCUT2D eigenvalue weighted by molar-refractivity contribution is 5.99. The van der Waals surface area contributed by atoms with Crippen LogP contribution in [0, 0.1) is 12.3 Å². The molecule has 0 fully saturated rings. The van der Waals surface area contributed by atoms with Crippen molar-refractivity contribution in [3.63, 3.8) is 0 Å². The molecule has 88 valence electrons. The molecular formula is C11H15NO4. The number of methoxy groups -OCH3 is 2. The zero-order chi connectivity index (χ0) is 12.6. The third kappa shape index (κ3) is 3.75. The minimum absolute atomic E-state index is 0.126. The minimum atomic E-state index is -1.15. The molecule has 5 nitrogen and oxygen atoms in total. The highest BCUT2D eigenvalue weighted by atomic mass is 16.5. The fraction of sp³-hybridized carbons (Fsp3) is 0.455. The first-order valence-electron chi connectivity index (χ1n) is 4.56. The van der Waals surface area contributed by atoms with Gasteiger partial charge in [-0.15, -0.1) is 13.0 Å². The van der Waals surface area contributed by atoms with Crippen LogP contribution in [0.15, 0.2) is 12.7 Å². The Bertz CT molecular complexity index is 290. The lowest BCUT2D eigenvalue weighted by atomic mass is 10.2. The molecule has 0 aromatic heterocycles. The van der Waals surface area contributed by atoms with E-state index in [1.807, 2.05) is 0 Å². The molecule has 0 heterocycles. The van der Waals surface area contributed by atoms with Gasteiger partial charge in [0.15, 0.2) is 0 Å². The molecule has 0 unspecified atom stereocenters. The van der Waals surface area contributed by atoms with Gasteiger partial charge < -0.3 is 9.47 Å². The van der Waals surface area contributed by atoms with E-state index in [1.165, 1.54) is 25.2 Å². The van der Waals surface area contributed by atoms with Crippen molar-refractivity contribution in [2.45, 2.75) is 6.04 Å². The molecular weight excluding hydrogens is 210 g/mol. The summed E-state index contributed by atoms with van der Waals surface area (Å²) in [5.74, 6) is 0.944. The van der Waals surface area contributed by atoms with Gasteiger partial charge in [0.1, 0.15) is 0 Å². The van der Waals surface area contributed by atoms with Crippen LogP contribution in [0.1, 0.15) is 0 Å². The quantitative estimate of drug-likeness (QED) is 0.272. The maximum absolute atomic E-state index is 11.4. The highest BCUT2D eigenvalue weighted by Gasteiger charge is 2.33. The van der Waals surface area contributed by atoms with Gasteiger partial charge in [0.2, 0.25) is 6.04 Å². The lowest BCUT2D eigenvalue weighted by Gasteiger charge is -2.24. The maximum Gasteiger partial charge on any atom is 0.334 e. The first-order chi connectivity index (χ1) is 7.62. The van der Waals surface area contributed by atoms with Crippen LogP contribution in [0.2, 0.25) is 0 Å². The number of carbonyl (C=O) groups is 2. The number of ether oxygens (including phenoxy) is 2. The lowest BCUT2D eigenvalue weighted by molar-refractivity contribution is -0.160. The molecule has 0 radical (unpaired) electrons. The van der Waals surface area contributed by atoms with Gasteiger partial charge in [0.25, 0.3) is 0 Å². The Hall–Kier alpha value is -1.80. The summed E-state index contributed by atoms with van der Waals surface area (Å²) in [7, 11) is 2.39. The minimum Gasteiger partial charge on any atom is -0.467 e. The van der Waals surface area contributed by atoms with E-state index in [4.69, 9.17) is 6.42 Å². The smallest absolute Gasteiger partial charge is 0.334 e. The van der Waals surface area contributed by atoms with Crippen molar-refractivity contribution in [1.82, 2.24) is 4.90 Å². The average molecular weight is 225 g/mol. The Kier molecular flexibility index (Phi) is 6.64. The Morgan fingerprint density at radius 2 is 1.94 bits per heavy atom. The molecule has 0 atom stereocenters. The number of hydrogen-bond acceptors (Lipinski definition) is 5. The maximum atomic E-state index is 11.4. The van der Waals surface area contributed by atoms with Crippen LogP contribution in [0.5, 0.6) is 0 Å². The van der Waals surface area contributed by atoms with Crippen molar-refractivity contribution in [2.24, 2.45) is 0 Å². The molecule has 0 spiro atoms. The van der Waals surface area contributed by atoms with Crippen LogP contribution in [-0.4, -0.2) is 50.2 Å². The lowest BCUT2D eigenvalue weighted by Crippen LogP contribution is -2.48. The molecule has 5 heteroatoms. The van der Waals surface area contributed by atoms with Crippen molar-refractivity contribution < 1.29 is 19.1 Å². The molecule has 0 saturated carbocycles. The Balaban J connectivity index is 4.95. The zero-order valence-corrected chi connectivity index (χ0v) is 9.43. The van der Waals surface area contributed by atoms with Gasteiger partial charge in [0, 0.05) is 6.54 Å². The number of terminal acetylenes is 1. The molecule has 0 aliphatic rings. The fourth-order valence-electron chi connectivity index (χ4n) is 1.16. The summed E-state index contributed by atoms with van der Waals surface area (Å²) in [4.78, 5) is 24.3. The number of nitrogens with zero attached hydrogens (tertiary/aromatic N) is 1. The van der Waals surface area contributed by atoms with E-state index in [0.717, 1.165) is 0 Å². The fourth-order valence-corrected chi connectivity index (χ4v) is 1.16. The molecule has 0 aliphatic heterocycles. The van der Waals surface area contributed by atoms with Gasteiger partial charge in [-0.05, 0) is 0 Å². The highest BCUT2D eigenvalue weighted by Crippen LogP contribution is 2.04. The molecule has 0 aromatic rings. The summed E-state index contributed by atoms with van der Waals surface area (Å²) in [6.45, 7) is 3.94. The summed E-state index contributed by atoms with van der Waals surface area (Å²) in [5.41, 5.74) is 0. The van der Waals surface area contributed by atoms with Crippen LogP contribution >= 0.6 is 0 Å². The van der Waals surface area contributed by atoms with Gasteiger partial charge in [-0.1, -0.05) is 12.0 Å². The van der Waals surface area contributed by atoms with Gasteiger partial charge in [-0.3, -0.25) is 4.90 Å². The van der Waals surface area contributed by atoms with E-state index in [2.05, 4.69) is 22.0 Å². The SMILES string of the molecule is C#CCN(CC=C)C(C(=O)OC)C(=O)OC. The topological polar surface area (TPSA) is 55.8 Å². The van der Waals surface area contributed by atoms with Gasteiger partial charge >= 0.3 is 11.9 Å². The summed E-state index contributed by atoms with van der Waals surface area (Å²) < 4.78 is 9.05. The van der Waals surface area contributed by atoms with Crippen LogP contribution in [0.4, 0.5) is 0 Å². The second kappa shape index (κ2) is 7.49. The van der Waals surface area contributed by atoms with E-state index < -0.39 is 18.0 Å². The van der Waals surface area contributed by atoms with E-state index in [1.54, 1.807) is 0 Å². The second-order valence-corrected chi connectivity index (χ2v) is 2.87. The Labute approximate surface area is 95.0 Å². The van der Waals surface area contributed by atoms with E-state index in [0.29, 0.717) is 6.54 Å². The van der Waals surface area contributed by atoms with Crippen LogP contribution in [0.3, 0.4) is 0 Å². The van der Waals surface area contributed by atoms with E-state index in [-0.39, 0.29) is 6.54 Å². The molecule has 0 amide bonds. The van der Waals surface area contributed by atoms with Crippen LogP contribution < -0.4 is 0 Å². The number of esters is 2. The molecule has 0 saturated heterocycles. The summed E-state index contributed by atoms with van der Waals surface area (Å²) >= 11 is 0. The van der Waals surface area contributed by atoms with Crippen molar-refractivity contribution >= 4 is 11.9 Å². The zero-order valence-electron chi connectivity index (χ0n) is 9.43. The van der Waals surface area contributed by atoms with E-state index >= 15 is 0 Å². The molecule has 0 aliphatic carbocycles. The van der Waals surface area contributed by atoms with Crippen LogP contribution in [-0.2, 0) is 19.1 Å². The first kappa shape index (κ1) is 14.2. The van der Waals surface area contributed by atoms with Gasteiger partial charge in [0.05, 0.1) is 20.8 Å². The predicted molar refractivity (Wildman–Crippen MR) is 58.4 cm³/mol. The predicted octanol–water partition coefficient (Wildman–Crippen LogP) is -0.178. The van der Waals surface area contributed by atoms with Crippen molar-refractivity contribution in [2.75, 3.05) is 27.3 Å². The molecule has 0 rings (SSSR count). The number of hydrogen-bond donors (Lipinski definition) is 0. The normalized spacial score (nSPS) is 9.69. The van der Waals surface area contributed by atoms with Crippen molar-refractivity contribution in [3.8, 4) is 12.3 Å². The van der Waals surface area contributed by atoms with Gasteiger partial charge in [-0.2, -0.15) is 0 Å². The molecule has 0 N–H and O–H groups in total. The number of rotatable bonds is 6. The summed E-state index contributed by atoms with van der Waals surface area (Å²) in [5, 5.41) is 0. The summed E-state index contributed by atoms with van der Waals surface area (Å²) in [6.07, 6.45) is 6.69. The van der Waals surface area contributed by atoms with Crippen molar-refractivity contribution in [3.05, 3.63) is 12.7 Å². The third-order valence-corrected chi connectivity index (χ3v) is 1.87. The Morgan fingerprint density at radius 1 is 1.44 bits per heavy atom. The molecule has 0 aromatic carbocycles. The standard InChI is InChI=1S/C11H15NO4/c1-5-7-12(8-6-2)9(10(13)15-3)11(14)16-4/h1,6,9H,2,7-8H2,3-4H3. The van der Waals surface area contributed by atoms with Crippen LogP contribution in [0.25, 0.3) is 0 Å². The third-order valence-electron chi connectivity index (χ3n) is 1.87.